The number of halogens is 5. The van der Waals surface area contributed by atoms with Gasteiger partial charge in [-0.25, -0.2) is 13.6 Å². The van der Waals surface area contributed by atoms with E-state index in [0.29, 0.717) is 32.1 Å². The second-order valence-electron chi connectivity index (χ2n) is 10.7. The summed E-state index contributed by atoms with van der Waals surface area (Å²) in [6.45, 7) is 2.09. The molecule has 40 heavy (non-hydrogen) atoms. The van der Waals surface area contributed by atoms with Gasteiger partial charge >= 0.3 is 12.1 Å². The van der Waals surface area contributed by atoms with Gasteiger partial charge in [0.1, 0.15) is 11.6 Å². The second-order valence-corrected chi connectivity index (χ2v) is 10.7. The van der Waals surface area contributed by atoms with Gasteiger partial charge in [0.2, 0.25) is 0 Å². The fourth-order valence-corrected chi connectivity index (χ4v) is 5.88. The largest absolute Gasteiger partial charge is 0.478 e. The van der Waals surface area contributed by atoms with E-state index in [1.54, 1.807) is 6.07 Å². The van der Waals surface area contributed by atoms with Crippen LogP contribution in [0.25, 0.3) is 0 Å². The Morgan fingerprint density at radius 3 is 2.42 bits per heavy atom. The number of ether oxygens (including phenoxy) is 1. The van der Waals surface area contributed by atoms with Crippen molar-refractivity contribution < 1.29 is 41.4 Å². The lowest BCUT2D eigenvalue weighted by atomic mass is 9.85. The zero-order valence-corrected chi connectivity index (χ0v) is 21.6. The number of carboxylic acids is 1. The quantitative estimate of drug-likeness (QED) is 0.345. The number of rotatable bonds is 7. The summed E-state index contributed by atoms with van der Waals surface area (Å²) in [4.78, 5) is 26.8. The van der Waals surface area contributed by atoms with E-state index < -0.39 is 40.9 Å². The molecule has 0 spiro atoms. The highest BCUT2D eigenvalue weighted by atomic mass is 19.4. The van der Waals surface area contributed by atoms with Crippen molar-refractivity contribution in [2.75, 3.05) is 26.2 Å². The van der Waals surface area contributed by atoms with E-state index in [1.165, 1.54) is 12.1 Å². The van der Waals surface area contributed by atoms with Crippen LogP contribution in [0.5, 0.6) is 0 Å². The summed E-state index contributed by atoms with van der Waals surface area (Å²) in [5, 5.41) is 15.0. The Balaban J connectivity index is 1.17. The van der Waals surface area contributed by atoms with E-state index >= 15 is 0 Å². The van der Waals surface area contributed by atoms with E-state index in [1.807, 2.05) is 0 Å². The Morgan fingerprint density at radius 2 is 1.82 bits per heavy atom. The molecule has 5 rings (SSSR count). The maximum atomic E-state index is 13.8. The molecule has 0 saturated carbocycles. The van der Waals surface area contributed by atoms with Crippen molar-refractivity contribution in [2.24, 2.45) is 0 Å². The van der Waals surface area contributed by atoms with Gasteiger partial charge < -0.3 is 20.5 Å². The number of aromatic carboxylic acids is 1. The summed E-state index contributed by atoms with van der Waals surface area (Å²) in [6.07, 6.45) is -2.07. The number of likely N-dealkylation sites (tertiary alicyclic amines) is 1. The van der Waals surface area contributed by atoms with Crippen molar-refractivity contribution in [3.8, 4) is 0 Å². The third kappa shape index (κ3) is 5.98. The Morgan fingerprint density at radius 1 is 1.10 bits per heavy atom. The SMILES string of the molecule is O=C(O)c1cc(C2CCN(C3CCC(C(=O)NCc4cc(F)cc(C(F)(F)F)c4)([C@H]4CN4)OC3)CC2)ccc1F. The van der Waals surface area contributed by atoms with Crippen LogP contribution in [0.4, 0.5) is 22.0 Å². The minimum absolute atomic E-state index is 0.00719. The minimum Gasteiger partial charge on any atom is -0.478 e. The van der Waals surface area contributed by atoms with Crippen LogP contribution in [0, 0.1) is 11.6 Å². The molecule has 0 aliphatic carbocycles. The Kier molecular flexibility index (Phi) is 7.86. The fourth-order valence-electron chi connectivity index (χ4n) is 5.88. The first-order valence-corrected chi connectivity index (χ1v) is 13.3. The van der Waals surface area contributed by atoms with E-state index in [2.05, 4.69) is 15.5 Å². The van der Waals surface area contributed by atoms with Gasteiger partial charge in [-0.2, -0.15) is 13.2 Å². The summed E-state index contributed by atoms with van der Waals surface area (Å²) < 4.78 is 72.9. The molecule has 3 N–H and O–H groups in total. The molecular formula is C28H30F5N3O4. The Labute approximate surface area is 227 Å². The van der Waals surface area contributed by atoms with Crippen LogP contribution in [0.1, 0.15) is 58.6 Å². The molecule has 0 aromatic heterocycles. The van der Waals surface area contributed by atoms with E-state index in [0.717, 1.165) is 43.6 Å². The van der Waals surface area contributed by atoms with E-state index in [-0.39, 0.29) is 35.7 Å². The smallest absolute Gasteiger partial charge is 0.416 e. The third-order valence-electron chi connectivity index (χ3n) is 8.21. The number of alkyl halides is 3. The first kappa shape index (κ1) is 28.4. The van der Waals surface area contributed by atoms with Crippen molar-refractivity contribution in [2.45, 2.75) is 62.0 Å². The number of carbonyl (C=O) groups excluding carboxylic acids is 1. The monoisotopic (exact) mass is 567 g/mol. The van der Waals surface area contributed by atoms with Crippen molar-refractivity contribution >= 4 is 11.9 Å². The number of nitrogens with zero attached hydrogens (tertiary/aromatic N) is 1. The Bertz CT molecular complexity index is 1270. The summed E-state index contributed by atoms with van der Waals surface area (Å²) in [5.41, 5.74) is -1.79. The van der Waals surface area contributed by atoms with Gasteiger partial charge in [0.05, 0.1) is 23.8 Å². The molecule has 3 fully saturated rings. The van der Waals surface area contributed by atoms with E-state index in [4.69, 9.17) is 4.74 Å². The predicted molar refractivity (Wildman–Crippen MR) is 134 cm³/mol. The first-order valence-electron chi connectivity index (χ1n) is 13.3. The number of hydrogen-bond acceptors (Lipinski definition) is 5. The van der Waals surface area contributed by atoms with Crippen LogP contribution in [-0.4, -0.2) is 65.8 Å². The number of carboxylic acid groups (broad SMARTS) is 1. The van der Waals surface area contributed by atoms with Crippen molar-refractivity contribution in [1.29, 1.82) is 0 Å². The zero-order chi connectivity index (χ0) is 28.7. The summed E-state index contributed by atoms with van der Waals surface area (Å²) >= 11 is 0. The summed E-state index contributed by atoms with van der Waals surface area (Å²) in [7, 11) is 0. The number of carbonyl (C=O) groups is 2. The molecule has 2 unspecified atom stereocenters. The molecule has 3 atom stereocenters. The lowest BCUT2D eigenvalue weighted by Gasteiger charge is -2.44. The van der Waals surface area contributed by atoms with Crippen molar-refractivity contribution in [3.63, 3.8) is 0 Å². The first-order chi connectivity index (χ1) is 19.0. The average Bonchev–Trinajstić information content (AvgIpc) is 3.77. The summed E-state index contributed by atoms with van der Waals surface area (Å²) in [6, 6.07) is 6.30. The van der Waals surface area contributed by atoms with Gasteiger partial charge in [-0.1, -0.05) is 6.07 Å². The molecule has 1 amide bonds. The van der Waals surface area contributed by atoms with Crippen LogP contribution in [0.15, 0.2) is 36.4 Å². The average molecular weight is 568 g/mol. The van der Waals surface area contributed by atoms with Gasteiger partial charge in [0.25, 0.3) is 5.91 Å². The number of amides is 1. The molecule has 3 aliphatic rings. The lowest BCUT2D eigenvalue weighted by molar-refractivity contribution is -0.160. The molecule has 3 aliphatic heterocycles. The molecule has 3 saturated heterocycles. The predicted octanol–water partition coefficient (Wildman–Crippen LogP) is 4.07. The van der Waals surface area contributed by atoms with Gasteiger partial charge in [0, 0.05) is 19.1 Å². The molecule has 2 aromatic rings. The molecule has 12 heteroatoms. The van der Waals surface area contributed by atoms with Crippen LogP contribution in [0.2, 0.25) is 0 Å². The Hall–Kier alpha value is -3.09. The van der Waals surface area contributed by atoms with Crippen LogP contribution >= 0.6 is 0 Å². The fraction of sp³-hybridized carbons (Fsp3) is 0.500. The lowest BCUT2D eigenvalue weighted by Crippen LogP contribution is -2.59. The molecular weight excluding hydrogens is 537 g/mol. The number of nitrogens with one attached hydrogen (secondary N) is 2. The molecule has 0 bridgehead atoms. The van der Waals surface area contributed by atoms with Crippen LogP contribution < -0.4 is 10.6 Å². The standard InChI is InChI=1S/C28H30F5N3O4/c29-20-10-16(9-19(12-20)28(31,32)33)13-35-26(39)27(24-14-34-24)6-3-21(15-40-27)36-7-4-17(5-8-36)18-1-2-23(30)22(11-18)25(37)38/h1-2,9-12,17,21,24,34H,3-8,13-15H2,(H,35,39)(H,37,38)/t21?,24-,27?/m1/s1. The molecule has 2 aromatic carbocycles. The minimum atomic E-state index is -4.70. The van der Waals surface area contributed by atoms with Gasteiger partial charge in [-0.3, -0.25) is 9.69 Å². The van der Waals surface area contributed by atoms with Gasteiger partial charge in [-0.15, -0.1) is 0 Å². The van der Waals surface area contributed by atoms with Crippen molar-refractivity contribution in [1.82, 2.24) is 15.5 Å². The van der Waals surface area contributed by atoms with Gasteiger partial charge in [0.15, 0.2) is 5.60 Å². The normalized spacial score (nSPS) is 25.9. The van der Waals surface area contributed by atoms with Crippen LogP contribution in [-0.2, 0) is 22.3 Å². The molecule has 3 heterocycles. The van der Waals surface area contributed by atoms with E-state index in [9.17, 15) is 36.6 Å². The van der Waals surface area contributed by atoms with Crippen molar-refractivity contribution in [3.05, 3.63) is 70.3 Å². The highest BCUT2D eigenvalue weighted by molar-refractivity contribution is 5.88. The zero-order valence-electron chi connectivity index (χ0n) is 21.6. The van der Waals surface area contributed by atoms with Crippen LogP contribution in [0.3, 0.4) is 0 Å². The van der Waals surface area contributed by atoms with Gasteiger partial charge in [-0.05, 0) is 86.1 Å². The topological polar surface area (TPSA) is 101 Å². The molecule has 216 valence electrons. The maximum absolute atomic E-state index is 13.8. The number of piperidine rings is 1. The highest BCUT2D eigenvalue weighted by Gasteiger charge is 2.54. The molecule has 7 nitrogen and oxygen atoms in total. The third-order valence-corrected chi connectivity index (χ3v) is 8.21. The second kappa shape index (κ2) is 11.1. The number of hydrogen-bond donors (Lipinski definition) is 3. The highest BCUT2D eigenvalue weighted by Crippen LogP contribution is 2.37. The summed E-state index contributed by atoms with van der Waals surface area (Å²) in [5.74, 6) is -3.41. The molecule has 0 radical (unpaired) electrons. The number of benzene rings is 2. The maximum Gasteiger partial charge on any atom is 0.416 e.